The van der Waals surface area contributed by atoms with Gasteiger partial charge >= 0.3 is 0 Å². The summed E-state index contributed by atoms with van der Waals surface area (Å²) >= 11 is 1.40. The SMILES string of the molecule is Cc1ccccc1C(=O)Nc1ccc(OCc2cc(=O)n3ccsc3n2)cc1. The zero-order valence-electron chi connectivity index (χ0n) is 15.1. The Kier molecular flexibility index (Phi) is 4.90. The van der Waals surface area contributed by atoms with Gasteiger partial charge in [0.25, 0.3) is 11.5 Å². The Hall–Kier alpha value is -3.45. The number of ether oxygens (including phenoxy) is 1. The molecule has 4 aromatic rings. The second-order valence-electron chi connectivity index (χ2n) is 6.22. The zero-order chi connectivity index (χ0) is 19.5. The largest absolute Gasteiger partial charge is 0.487 e. The monoisotopic (exact) mass is 391 g/mol. The molecule has 6 nitrogen and oxygen atoms in total. The molecule has 0 saturated heterocycles. The highest BCUT2D eigenvalue weighted by Gasteiger charge is 2.09. The molecule has 2 aromatic carbocycles. The lowest BCUT2D eigenvalue weighted by Crippen LogP contribution is -2.14. The van der Waals surface area contributed by atoms with Crippen molar-refractivity contribution in [3.8, 4) is 5.75 Å². The lowest BCUT2D eigenvalue weighted by molar-refractivity contribution is 0.102. The minimum Gasteiger partial charge on any atom is -0.487 e. The van der Waals surface area contributed by atoms with Crippen molar-refractivity contribution in [2.75, 3.05) is 5.32 Å². The molecule has 140 valence electrons. The molecule has 0 atom stereocenters. The van der Waals surface area contributed by atoms with Crippen molar-refractivity contribution >= 4 is 27.9 Å². The van der Waals surface area contributed by atoms with Crippen LogP contribution in [0.15, 0.2) is 71.0 Å². The second kappa shape index (κ2) is 7.66. The summed E-state index contributed by atoms with van der Waals surface area (Å²) in [6, 6.07) is 16.0. The Labute approximate surface area is 165 Å². The molecule has 0 aliphatic heterocycles. The van der Waals surface area contributed by atoms with Crippen LogP contribution in [0.25, 0.3) is 4.96 Å². The Morgan fingerprint density at radius 2 is 1.96 bits per heavy atom. The van der Waals surface area contributed by atoms with Crippen LogP contribution in [-0.2, 0) is 6.61 Å². The smallest absolute Gasteiger partial charge is 0.258 e. The van der Waals surface area contributed by atoms with Gasteiger partial charge in [0.15, 0.2) is 4.96 Å². The van der Waals surface area contributed by atoms with E-state index in [1.54, 1.807) is 36.5 Å². The van der Waals surface area contributed by atoms with Crippen molar-refractivity contribution in [2.24, 2.45) is 0 Å². The maximum atomic E-state index is 12.4. The summed E-state index contributed by atoms with van der Waals surface area (Å²) in [7, 11) is 0. The van der Waals surface area contributed by atoms with Gasteiger partial charge in [0.2, 0.25) is 0 Å². The van der Waals surface area contributed by atoms with Gasteiger partial charge < -0.3 is 10.1 Å². The van der Waals surface area contributed by atoms with E-state index < -0.39 is 0 Å². The molecule has 7 heteroatoms. The van der Waals surface area contributed by atoms with Gasteiger partial charge in [-0.25, -0.2) is 4.98 Å². The molecular weight excluding hydrogens is 374 g/mol. The normalized spacial score (nSPS) is 10.8. The number of amides is 1. The topological polar surface area (TPSA) is 72.7 Å². The molecule has 1 N–H and O–H groups in total. The van der Waals surface area contributed by atoms with Crippen molar-refractivity contribution in [3.05, 3.63) is 93.3 Å². The van der Waals surface area contributed by atoms with E-state index in [0.29, 0.717) is 27.7 Å². The number of hydrogen-bond donors (Lipinski definition) is 1. The number of rotatable bonds is 5. The van der Waals surface area contributed by atoms with Crippen LogP contribution in [0.3, 0.4) is 0 Å². The van der Waals surface area contributed by atoms with Crippen LogP contribution in [0.5, 0.6) is 5.75 Å². The fraction of sp³-hybridized carbons (Fsp3) is 0.0952. The first-order valence-electron chi connectivity index (χ1n) is 8.66. The number of carbonyl (C=O) groups excluding carboxylic acids is 1. The van der Waals surface area contributed by atoms with Crippen molar-refractivity contribution in [1.29, 1.82) is 0 Å². The zero-order valence-corrected chi connectivity index (χ0v) is 15.9. The summed E-state index contributed by atoms with van der Waals surface area (Å²) < 4.78 is 7.22. The predicted molar refractivity (Wildman–Crippen MR) is 109 cm³/mol. The number of anilines is 1. The van der Waals surface area contributed by atoms with Gasteiger partial charge in [-0.1, -0.05) is 18.2 Å². The summed E-state index contributed by atoms with van der Waals surface area (Å²) in [5.74, 6) is 0.475. The van der Waals surface area contributed by atoms with Crippen molar-refractivity contribution in [3.63, 3.8) is 0 Å². The van der Waals surface area contributed by atoms with E-state index in [0.717, 1.165) is 5.56 Å². The van der Waals surface area contributed by atoms with Crippen LogP contribution < -0.4 is 15.6 Å². The molecule has 1 amide bonds. The van der Waals surface area contributed by atoms with Gasteiger partial charge in [0, 0.05) is 28.9 Å². The minimum absolute atomic E-state index is 0.126. The highest BCUT2D eigenvalue weighted by Crippen LogP contribution is 2.18. The molecule has 2 aromatic heterocycles. The van der Waals surface area contributed by atoms with Crippen LogP contribution in [0.1, 0.15) is 21.6 Å². The van der Waals surface area contributed by atoms with Crippen LogP contribution in [-0.4, -0.2) is 15.3 Å². The number of aromatic nitrogens is 2. The number of fused-ring (bicyclic) bond motifs is 1. The third-order valence-electron chi connectivity index (χ3n) is 4.24. The summed E-state index contributed by atoms with van der Waals surface area (Å²) in [6.07, 6.45) is 1.70. The van der Waals surface area contributed by atoms with Gasteiger partial charge in [-0.2, -0.15) is 0 Å². The first kappa shape index (κ1) is 17.9. The number of thiazole rings is 1. The Balaban J connectivity index is 1.41. The number of benzene rings is 2. The lowest BCUT2D eigenvalue weighted by atomic mass is 10.1. The van der Waals surface area contributed by atoms with E-state index in [1.165, 1.54) is 21.8 Å². The molecule has 0 saturated carbocycles. The maximum Gasteiger partial charge on any atom is 0.258 e. The highest BCUT2D eigenvalue weighted by atomic mass is 32.1. The first-order chi connectivity index (χ1) is 13.6. The molecule has 0 spiro atoms. The molecule has 0 radical (unpaired) electrons. The van der Waals surface area contributed by atoms with E-state index in [4.69, 9.17) is 4.74 Å². The first-order valence-corrected chi connectivity index (χ1v) is 9.54. The molecule has 28 heavy (non-hydrogen) atoms. The summed E-state index contributed by atoms with van der Waals surface area (Å²) in [5, 5.41) is 4.69. The van der Waals surface area contributed by atoms with Gasteiger partial charge in [-0.05, 0) is 42.8 Å². The number of nitrogens with zero attached hydrogens (tertiary/aromatic N) is 2. The van der Waals surface area contributed by atoms with Crippen molar-refractivity contribution in [1.82, 2.24) is 9.38 Å². The molecule has 0 unspecified atom stereocenters. The van der Waals surface area contributed by atoms with Crippen LogP contribution >= 0.6 is 11.3 Å². The average Bonchev–Trinajstić information content (AvgIpc) is 3.17. The summed E-state index contributed by atoms with van der Waals surface area (Å²) in [4.78, 5) is 29.4. The number of carbonyl (C=O) groups is 1. The third kappa shape index (κ3) is 3.79. The number of aryl methyl sites for hydroxylation is 1. The minimum atomic E-state index is -0.152. The van der Waals surface area contributed by atoms with Gasteiger partial charge in [0.05, 0.1) is 5.69 Å². The average molecular weight is 391 g/mol. The Morgan fingerprint density at radius 3 is 2.75 bits per heavy atom. The van der Waals surface area contributed by atoms with Crippen molar-refractivity contribution < 1.29 is 9.53 Å². The van der Waals surface area contributed by atoms with Crippen LogP contribution in [0.4, 0.5) is 5.69 Å². The fourth-order valence-corrected chi connectivity index (χ4v) is 3.52. The summed E-state index contributed by atoms with van der Waals surface area (Å²) in [6.45, 7) is 2.10. The molecule has 4 rings (SSSR count). The van der Waals surface area contributed by atoms with Gasteiger partial charge in [-0.15, -0.1) is 11.3 Å². The standard InChI is InChI=1S/C21H17N3O3S/c1-14-4-2-3-5-18(14)20(26)22-15-6-8-17(9-7-15)27-13-16-12-19(25)24-10-11-28-21(24)23-16/h2-12H,13H2,1H3,(H,22,26). The van der Waals surface area contributed by atoms with E-state index in [9.17, 15) is 9.59 Å². The van der Waals surface area contributed by atoms with Gasteiger partial charge in [0.1, 0.15) is 12.4 Å². The lowest BCUT2D eigenvalue weighted by Gasteiger charge is -2.09. The van der Waals surface area contributed by atoms with E-state index >= 15 is 0 Å². The number of nitrogens with one attached hydrogen (secondary N) is 1. The highest BCUT2D eigenvalue weighted by molar-refractivity contribution is 7.15. The molecule has 0 aliphatic carbocycles. The second-order valence-corrected chi connectivity index (χ2v) is 7.10. The Morgan fingerprint density at radius 1 is 1.18 bits per heavy atom. The molecule has 0 fully saturated rings. The summed E-state index contributed by atoms with van der Waals surface area (Å²) in [5.41, 5.74) is 2.69. The maximum absolute atomic E-state index is 12.4. The predicted octanol–water partition coefficient (Wildman–Crippen LogP) is 3.90. The molecule has 0 bridgehead atoms. The molecule has 2 heterocycles. The Bertz CT molecular complexity index is 1200. The van der Waals surface area contributed by atoms with Crippen LogP contribution in [0.2, 0.25) is 0 Å². The van der Waals surface area contributed by atoms with E-state index in [1.807, 2.05) is 30.5 Å². The van der Waals surface area contributed by atoms with Crippen molar-refractivity contribution in [2.45, 2.75) is 13.5 Å². The quantitative estimate of drug-likeness (QED) is 0.560. The number of hydrogen-bond acceptors (Lipinski definition) is 5. The third-order valence-corrected chi connectivity index (χ3v) is 5.00. The van der Waals surface area contributed by atoms with Gasteiger partial charge in [-0.3, -0.25) is 14.0 Å². The fourth-order valence-electron chi connectivity index (χ4n) is 2.78. The molecule has 0 aliphatic rings. The molecular formula is C21H17N3O3S. The van der Waals surface area contributed by atoms with E-state index in [2.05, 4.69) is 10.3 Å². The van der Waals surface area contributed by atoms with E-state index in [-0.39, 0.29) is 18.1 Å². The van der Waals surface area contributed by atoms with Crippen LogP contribution in [0, 0.1) is 6.92 Å².